The van der Waals surface area contributed by atoms with Gasteiger partial charge in [0, 0.05) is 0 Å². The van der Waals surface area contributed by atoms with Crippen LogP contribution in [0.3, 0.4) is 0 Å². The summed E-state index contributed by atoms with van der Waals surface area (Å²) < 4.78 is 0. The fraction of sp³-hybridized carbons (Fsp3) is 0.846. The molecule has 1 heteroatoms. The van der Waals surface area contributed by atoms with E-state index in [9.17, 15) is 5.11 Å². The predicted octanol–water partition coefficient (Wildman–Crippen LogP) is 3.67. The Kier molecular flexibility index (Phi) is 4.67. The first-order chi connectivity index (χ1) is 6.70. The molecule has 1 aliphatic carbocycles. The lowest BCUT2D eigenvalue weighted by atomic mass is 9.90. The van der Waals surface area contributed by atoms with Gasteiger partial charge in [0.15, 0.2) is 0 Å². The smallest absolute Gasteiger partial charge is 0.0682 e. The maximum absolute atomic E-state index is 10.3. The second-order valence-corrected chi connectivity index (χ2v) is 4.80. The molecule has 1 N–H and O–H groups in total. The van der Waals surface area contributed by atoms with Crippen molar-refractivity contribution in [2.45, 2.75) is 63.9 Å². The Bertz CT molecular complexity index is 176. The second-order valence-electron chi connectivity index (χ2n) is 4.80. The third kappa shape index (κ3) is 3.45. The third-order valence-electron chi connectivity index (χ3n) is 3.49. The van der Waals surface area contributed by atoms with E-state index >= 15 is 0 Å². The highest BCUT2D eigenvalue weighted by atomic mass is 16.3. The molecule has 0 saturated heterocycles. The molecule has 0 aliphatic heterocycles. The number of rotatable bonds is 4. The van der Waals surface area contributed by atoms with Crippen molar-refractivity contribution in [3.05, 3.63) is 12.7 Å². The number of aliphatic hydroxyl groups is 1. The molecule has 0 amide bonds. The molecule has 2 unspecified atom stereocenters. The highest BCUT2D eigenvalue weighted by Gasteiger charge is 2.29. The Morgan fingerprint density at radius 2 is 2.21 bits per heavy atom. The van der Waals surface area contributed by atoms with Crippen LogP contribution < -0.4 is 0 Å². The SMILES string of the molecule is C=CCC1(O)CCCC(CCC)CC1. The quantitative estimate of drug-likeness (QED) is 0.537. The van der Waals surface area contributed by atoms with Gasteiger partial charge in [0.2, 0.25) is 0 Å². The van der Waals surface area contributed by atoms with E-state index in [0.717, 1.165) is 25.2 Å². The summed E-state index contributed by atoms with van der Waals surface area (Å²) in [7, 11) is 0. The van der Waals surface area contributed by atoms with Crippen LogP contribution in [0.4, 0.5) is 0 Å². The van der Waals surface area contributed by atoms with Gasteiger partial charge in [-0.3, -0.25) is 0 Å². The lowest BCUT2D eigenvalue weighted by molar-refractivity contribution is 0.0268. The molecule has 1 aliphatic rings. The molecule has 1 fully saturated rings. The highest BCUT2D eigenvalue weighted by Crippen LogP contribution is 2.34. The fourth-order valence-electron chi connectivity index (χ4n) is 2.63. The van der Waals surface area contributed by atoms with Crippen molar-refractivity contribution >= 4 is 0 Å². The van der Waals surface area contributed by atoms with E-state index in [0.29, 0.717) is 0 Å². The van der Waals surface area contributed by atoms with Crippen molar-refractivity contribution in [2.24, 2.45) is 5.92 Å². The first-order valence-corrected chi connectivity index (χ1v) is 6.03. The Morgan fingerprint density at radius 3 is 2.86 bits per heavy atom. The van der Waals surface area contributed by atoms with Crippen molar-refractivity contribution in [3.8, 4) is 0 Å². The largest absolute Gasteiger partial charge is 0.390 e. The maximum atomic E-state index is 10.3. The molecular weight excluding hydrogens is 172 g/mol. The van der Waals surface area contributed by atoms with E-state index in [1.807, 2.05) is 6.08 Å². The van der Waals surface area contributed by atoms with Crippen LogP contribution >= 0.6 is 0 Å². The van der Waals surface area contributed by atoms with Gasteiger partial charge in [0.25, 0.3) is 0 Å². The molecule has 0 bridgehead atoms. The lowest BCUT2D eigenvalue weighted by Gasteiger charge is -2.25. The molecule has 0 heterocycles. The van der Waals surface area contributed by atoms with Crippen LogP contribution in [-0.2, 0) is 0 Å². The molecule has 0 aromatic rings. The van der Waals surface area contributed by atoms with Gasteiger partial charge in [-0.1, -0.05) is 38.7 Å². The summed E-state index contributed by atoms with van der Waals surface area (Å²) in [4.78, 5) is 0. The van der Waals surface area contributed by atoms with Gasteiger partial charge in [-0.2, -0.15) is 0 Å². The van der Waals surface area contributed by atoms with Gasteiger partial charge < -0.3 is 5.11 Å². The van der Waals surface area contributed by atoms with Gasteiger partial charge >= 0.3 is 0 Å². The molecule has 0 aromatic heterocycles. The average molecular weight is 196 g/mol. The van der Waals surface area contributed by atoms with Crippen LogP contribution in [0.25, 0.3) is 0 Å². The standard InChI is InChI=1S/C13H24O/c1-3-6-12-7-5-10-13(14,9-4-2)11-8-12/h4,12,14H,2-3,5-11H2,1H3. The first kappa shape index (κ1) is 11.8. The van der Waals surface area contributed by atoms with Crippen LogP contribution in [0.15, 0.2) is 12.7 Å². The Morgan fingerprint density at radius 1 is 1.43 bits per heavy atom. The van der Waals surface area contributed by atoms with Gasteiger partial charge in [0.05, 0.1) is 5.60 Å². The Balaban J connectivity index is 2.43. The first-order valence-electron chi connectivity index (χ1n) is 6.03. The molecule has 2 atom stereocenters. The normalized spacial score (nSPS) is 33.7. The Hall–Kier alpha value is -0.300. The summed E-state index contributed by atoms with van der Waals surface area (Å²) >= 11 is 0. The van der Waals surface area contributed by atoms with Crippen molar-refractivity contribution in [1.29, 1.82) is 0 Å². The third-order valence-corrected chi connectivity index (χ3v) is 3.49. The summed E-state index contributed by atoms with van der Waals surface area (Å²) in [5, 5.41) is 10.3. The summed E-state index contributed by atoms with van der Waals surface area (Å²) in [5.41, 5.74) is -0.426. The molecular formula is C13H24O. The molecule has 1 saturated carbocycles. The van der Waals surface area contributed by atoms with Gasteiger partial charge in [0.1, 0.15) is 0 Å². The summed E-state index contributed by atoms with van der Waals surface area (Å²) in [6.07, 6.45) is 10.9. The maximum Gasteiger partial charge on any atom is 0.0682 e. The van der Waals surface area contributed by atoms with E-state index in [4.69, 9.17) is 0 Å². The number of hydrogen-bond donors (Lipinski definition) is 1. The minimum absolute atomic E-state index is 0.426. The van der Waals surface area contributed by atoms with Crippen LogP contribution in [0.5, 0.6) is 0 Å². The topological polar surface area (TPSA) is 20.2 Å². The van der Waals surface area contributed by atoms with Gasteiger partial charge in [-0.25, -0.2) is 0 Å². The summed E-state index contributed by atoms with van der Waals surface area (Å²) in [5.74, 6) is 0.860. The van der Waals surface area contributed by atoms with Crippen molar-refractivity contribution in [2.75, 3.05) is 0 Å². The Labute approximate surface area is 88.2 Å². The summed E-state index contributed by atoms with van der Waals surface area (Å²) in [6.45, 7) is 5.98. The molecule has 0 radical (unpaired) electrons. The van der Waals surface area contributed by atoms with E-state index in [-0.39, 0.29) is 0 Å². The fourth-order valence-corrected chi connectivity index (χ4v) is 2.63. The zero-order valence-electron chi connectivity index (χ0n) is 9.47. The van der Waals surface area contributed by atoms with Crippen molar-refractivity contribution in [1.82, 2.24) is 0 Å². The lowest BCUT2D eigenvalue weighted by Crippen LogP contribution is -2.26. The molecule has 82 valence electrons. The monoisotopic (exact) mass is 196 g/mol. The predicted molar refractivity (Wildman–Crippen MR) is 61.2 cm³/mol. The van der Waals surface area contributed by atoms with E-state index in [1.54, 1.807) is 0 Å². The highest BCUT2D eigenvalue weighted by molar-refractivity contribution is 4.89. The molecule has 0 spiro atoms. The molecule has 0 aromatic carbocycles. The average Bonchev–Trinajstić information content (AvgIpc) is 2.30. The van der Waals surface area contributed by atoms with Crippen LogP contribution in [-0.4, -0.2) is 10.7 Å². The molecule has 14 heavy (non-hydrogen) atoms. The van der Waals surface area contributed by atoms with Crippen molar-refractivity contribution in [3.63, 3.8) is 0 Å². The second kappa shape index (κ2) is 5.55. The van der Waals surface area contributed by atoms with Crippen LogP contribution in [0.1, 0.15) is 58.3 Å². The zero-order chi connectivity index (χ0) is 10.4. The van der Waals surface area contributed by atoms with Crippen LogP contribution in [0, 0.1) is 5.92 Å². The van der Waals surface area contributed by atoms with Crippen LogP contribution in [0.2, 0.25) is 0 Å². The van der Waals surface area contributed by atoms with E-state index < -0.39 is 5.60 Å². The van der Waals surface area contributed by atoms with Crippen molar-refractivity contribution < 1.29 is 5.11 Å². The van der Waals surface area contributed by atoms with E-state index in [1.165, 1.54) is 32.1 Å². The minimum Gasteiger partial charge on any atom is -0.390 e. The summed E-state index contributed by atoms with van der Waals surface area (Å²) in [6, 6.07) is 0. The van der Waals surface area contributed by atoms with Gasteiger partial charge in [-0.15, -0.1) is 6.58 Å². The molecule has 1 nitrogen and oxygen atoms in total. The zero-order valence-corrected chi connectivity index (χ0v) is 9.47. The number of hydrogen-bond acceptors (Lipinski definition) is 1. The minimum atomic E-state index is -0.426. The van der Waals surface area contributed by atoms with E-state index in [2.05, 4.69) is 13.5 Å². The van der Waals surface area contributed by atoms with Gasteiger partial charge in [-0.05, 0) is 31.6 Å². The molecule has 1 rings (SSSR count).